The predicted molar refractivity (Wildman–Crippen MR) is 122 cm³/mol. The highest BCUT2D eigenvalue weighted by molar-refractivity contribution is 9.10. The van der Waals surface area contributed by atoms with Crippen molar-refractivity contribution in [2.24, 2.45) is 0 Å². The van der Waals surface area contributed by atoms with Crippen LogP contribution in [0.1, 0.15) is 17.0 Å². The summed E-state index contributed by atoms with van der Waals surface area (Å²) in [5.41, 5.74) is 1.91. The van der Waals surface area contributed by atoms with Crippen molar-refractivity contribution in [3.63, 3.8) is 0 Å². The molecule has 3 aromatic rings. The van der Waals surface area contributed by atoms with E-state index in [4.69, 9.17) is 9.47 Å². The Morgan fingerprint density at radius 2 is 1.43 bits per heavy atom. The van der Waals surface area contributed by atoms with Gasteiger partial charge in [-0.05, 0) is 35.4 Å². The Hall–Kier alpha value is -2.35. The number of halogens is 1. The fourth-order valence-electron chi connectivity index (χ4n) is 3.33. The molecule has 0 aliphatic rings. The number of sulfonamides is 1. The Balaban J connectivity index is 2.05. The summed E-state index contributed by atoms with van der Waals surface area (Å²) in [5, 5.41) is 0. The summed E-state index contributed by atoms with van der Waals surface area (Å²) in [6.07, 6.45) is 0. The van der Waals surface area contributed by atoms with Crippen LogP contribution in [0.3, 0.4) is 0 Å². The fourth-order valence-corrected chi connectivity index (χ4v) is 5.14. The van der Waals surface area contributed by atoms with Crippen molar-refractivity contribution in [3.05, 3.63) is 88.4 Å². The first-order valence-electron chi connectivity index (χ1n) is 9.36. The first-order chi connectivity index (χ1) is 14.4. The van der Waals surface area contributed by atoms with E-state index in [0.717, 1.165) is 15.6 Å². The zero-order valence-electron chi connectivity index (χ0n) is 17.1. The van der Waals surface area contributed by atoms with Gasteiger partial charge in [0.15, 0.2) is 11.5 Å². The quantitative estimate of drug-likeness (QED) is 0.450. The molecule has 0 spiro atoms. The molecule has 0 saturated heterocycles. The molecule has 0 unspecified atom stereocenters. The van der Waals surface area contributed by atoms with E-state index < -0.39 is 10.0 Å². The van der Waals surface area contributed by atoms with Crippen LogP contribution in [-0.2, 0) is 10.0 Å². The minimum Gasteiger partial charge on any atom is -0.493 e. The highest BCUT2D eigenvalue weighted by atomic mass is 79.9. The first-order valence-corrected chi connectivity index (χ1v) is 11.6. The van der Waals surface area contributed by atoms with E-state index >= 15 is 0 Å². The number of rotatable bonds is 8. The number of methoxy groups -OCH3 is 2. The summed E-state index contributed by atoms with van der Waals surface area (Å²) in [6.45, 7) is 0.259. The zero-order valence-corrected chi connectivity index (χ0v) is 19.5. The molecule has 0 heterocycles. The molecule has 7 heteroatoms. The Bertz CT molecular complexity index is 1090. The standard InChI is InChI=1S/C23H24BrNO4S/c1-25(30(26,27)18-12-8-5-9-13-18)16-20(17-10-6-4-7-11-17)19-14-22(28-2)23(29-3)15-21(19)24/h4-15,20H,16H2,1-3H3/t20-/m0/s1. The molecular weight excluding hydrogens is 466 g/mol. The van der Waals surface area contributed by atoms with Crippen molar-refractivity contribution >= 4 is 26.0 Å². The van der Waals surface area contributed by atoms with Gasteiger partial charge in [0.05, 0.1) is 19.1 Å². The zero-order chi connectivity index (χ0) is 21.7. The van der Waals surface area contributed by atoms with Crippen LogP contribution in [0.25, 0.3) is 0 Å². The Morgan fingerprint density at radius 1 is 0.900 bits per heavy atom. The average molecular weight is 490 g/mol. The van der Waals surface area contributed by atoms with Crippen LogP contribution in [0.15, 0.2) is 82.2 Å². The second kappa shape index (κ2) is 9.64. The molecule has 0 radical (unpaired) electrons. The predicted octanol–water partition coefficient (Wildman–Crippen LogP) is 4.92. The van der Waals surface area contributed by atoms with Crippen molar-refractivity contribution in [2.75, 3.05) is 27.8 Å². The molecule has 0 amide bonds. The van der Waals surface area contributed by atoms with Crippen molar-refractivity contribution < 1.29 is 17.9 Å². The topological polar surface area (TPSA) is 55.8 Å². The number of nitrogens with zero attached hydrogens (tertiary/aromatic N) is 1. The number of hydrogen-bond donors (Lipinski definition) is 0. The Labute approximate surface area is 186 Å². The average Bonchev–Trinajstić information content (AvgIpc) is 2.78. The molecule has 30 heavy (non-hydrogen) atoms. The molecule has 0 N–H and O–H groups in total. The SMILES string of the molecule is COc1cc(Br)c([C@@H](CN(C)S(=O)(=O)c2ccccc2)c2ccccc2)cc1OC. The van der Waals surface area contributed by atoms with Crippen LogP contribution in [0.2, 0.25) is 0 Å². The molecule has 0 saturated carbocycles. The van der Waals surface area contributed by atoms with Crippen LogP contribution >= 0.6 is 15.9 Å². The number of hydrogen-bond acceptors (Lipinski definition) is 4. The van der Waals surface area contributed by atoms with Gasteiger partial charge in [-0.2, -0.15) is 4.31 Å². The van der Waals surface area contributed by atoms with Gasteiger partial charge in [0, 0.05) is 24.0 Å². The van der Waals surface area contributed by atoms with E-state index in [9.17, 15) is 8.42 Å². The lowest BCUT2D eigenvalue weighted by Gasteiger charge is -2.26. The van der Waals surface area contributed by atoms with Gasteiger partial charge >= 0.3 is 0 Å². The van der Waals surface area contributed by atoms with E-state index in [2.05, 4.69) is 15.9 Å². The monoisotopic (exact) mass is 489 g/mol. The van der Waals surface area contributed by atoms with Gasteiger partial charge in [0.25, 0.3) is 0 Å². The molecular formula is C23H24BrNO4S. The van der Waals surface area contributed by atoms with Crippen molar-refractivity contribution in [1.29, 1.82) is 0 Å². The van der Waals surface area contributed by atoms with E-state index in [0.29, 0.717) is 11.5 Å². The van der Waals surface area contributed by atoms with Gasteiger partial charge in [0.1, 0.15) is 0 Å². The number of likely N-dealkylation sites (N-methyl/N-ethyl adjacent to an activating group) is 1. The number of benzene rings is 3. The summed E-state index contributed by atoms with van der Waals surface area (Å²) in [7, 11) is 1.14. The third kappa shape index (κ3) is 4.69. The molecule has 0 aromatic heterocycles. The van der Waals surface area contributed by atoms with Crippen LogP contribution in [0.4, 0.5) is 0 Å². The maximum Gasteiger partial charge on any atom is 0.242 e. The van der Waals surface area contributed by atoms with Crippen LogP contribution in [0, 0.1) is 0 Å². The van der Waals surface area contributed by atoms with Gasteiger partial charge in [-0.25, -0.2) is 8.42 Å². The van der Waals surface area contributed by atoms with Crippen LogP contribution < -0.4 is 9.47 Å². The highest BCUT2D eigenvalue weighted by Gasteiger charge is 2.27. The van der Waals surface area contributed by atoms with Gasteiger partial charge in [0.2, 0.25) is 10.0 Å². The van der Waals surface area contributed by atoms with Gasteiger partial charge < -0.3 is 9.47 Å². The maximum atomic E-state index is 13.1. The molecule has 0 fully saturated rings. The summed E-state index contributed by atoms with van der Waals surface area (Å²) >= 11 is 3.63. The molecule has 0 bridgehead atoms. The van der Waals surface area contributed by atoms with Crippen LogP contribution in [0.5, 0.6) is 11.5 Å². The molecule has 1 atom stereocenters. The third-order valence-corrected chi connectivity index (χ3v) is 7.50. The van der Waals surface area contributed by atoms with Crippen molar-refractivity contribution in [2.45, 2.75) is 10.8 Å². The van der Waals surface area contributed by atoms with Crippen LogP contribution in [-0.4, -0.2) is 40.5 Å². The first kappa shape index (κ1) is 22.3. The molecule has 5 nitrogen and oxygen atoms in total. The normalized spacial score (nSPS) is 12.6. The van der Waals surface area contributed by atoms with Crippen molar-refractivity contribution in [3.8, 4) is 11.5 Å². The molecule has 0 aliphatic carbocycles. The Morgan fingerprint density at radius 3 is 2.00 bits per heavy atom. The summed E-state index contributed by atoms with van der Waals surface area (Å²) in [5.74, 6) is 0.972. The highest BCUT2D eigenvalue weighted by Crippen LogP contribution is 2.39. The van der Waals surface area contributed by atoms with E-state index in [1.165, 1.54) is 4.31 Å². The summed E-state index contributed by atoms with van der Waals surface area (Å²) < 4.78 is 39.3. The smallest absolute Gasteiger partial charge is 0.242 e. The second-order valence-electron chi connectivity index (χ2n) is 6.79. The summed E-state index contributed by atoms with van der Waals surface area (Å²) in [6, 6.07) is 22.0. The van der Waals surface area contributed by atoms with Gasteiger partial charge in [-0.1, -0.05) is 64.5 Å². The fraction of sp³-hybridized carbons (Fsp3) is 0.217. The minimum atomic E-state index is -3.63. The minimum absolute atomic E-state index is 0.219. The van der Waals surface area contributed by atoms with E-state index in [1.807, 2.05) is 42.5 Å². The molecule has 0 aliphatic heterocycles. The molecule has 158 valence electrons. The van der Waals surface area contributed by atoms with E-state index in [1.54, 1.807) is 51.6 Å². The Kier molecular flexibility index (Phi) is 7.18. The third-order valence-electron chi connectivity index (χ3n) is 4.97. The lowest BCUT2D eigenvalue weighted by Crippen LogP contribution is -2.31. The van der Waals surface area contributed by atoms with Gasteiger partial charge in [-0.15, -0.1) is 0 Å². The lowest BCUT2D eigenvalue weighted by molar-refractivity contribution is 0.353. The summed E-state index contributed by atoms with van der Waals surface area (Å²) in [4.78, 5) is 0.269. The lowest BCUT2D eigenvalue weighted by atomic mass is 9.91. The second-order valence-corrected chi connectivity index (χ2v) is 9.69. The van der Waals surface area contributed by atoms with Crippen molar-refractivity contribution in [1.82, 2.24) is 4.31 Å². The number of ether oxygens (including phenoxy) is 2. The largest absolute Gasteiger partial charge is 0.493 e. The molecule has 3 rings (SSSR count). The van der Waals surface area contributed by atoms with Gasteiger partial charge in [-0.3, -0.25) is 0 Å². The molecule has 3 aromatic carbocycles. The van der Waals surface area contributed by atoms with E-state index in [-0.39, 0.29) is 17.4 Å². The maximum absolute atomic E-state index is 13.1.